The number of nitrogens with one attached hydrogen (secondary N) is 2. The van der Waals surface area contributed by atoms with E-state index in [1.807, 2.05) is 19.9 Å². The van der Waals surface area contributed by atoms with Crippen LogP contribution in [0, 0.1) is 6.92 Å². The Labute approximate surface area is 178 Å². The van der Waals surface area contributed by atoms with Gasteiger partial charge in [-0.15, -0.1) is 0 Å². The summed E-state index contributed by atoms with van der Waals surface area (Å²) in [4.78, 5) is 16.6. The van der Waals surface area contributed by atoms with Crippen molar-refractivity contribution in [1.29, 1.82) is 0 Å². The zero-order valence-corrected chi connectivity index (χ0v) is 17.5. The van der Waals surface area contributed by atoms with E-state index in [1.54, 1.807) is 41.9 Å². The number of pyridine rings is 1. The monoisotopic (exact) mass is 434 g/mol. The Morgan fingerprint density at radius 3 is 2.65 bits per heavy atom. The number of aliphatic hydroxyl groups excluding tert-OH is 1. The lowest BCUT2D eigenvalue weighted by Gasteiger charge is -2.14. The molecule has 3 rings (SSSR count). The first-order valence-corrected chi connectivity index (χ1v) is 9.99. The van der Waals surface area contributed by atoms with Crippen LogP contribution in [-0.2, 0) is 0 Å². The van der Waals surface area contributed by atoms with Crippen molar-refractivity contribution >= 4 is 17.2 Å². The highest BCUT2D eigenvalue weighted by Crippen LogP contribution is 2.29. The lowest BCUT2D eigenvalue weighted by molar-refractivity contribution is -0.131. The van der Waals surface area contributed by atoms with Gasteiger partial charge in [0.05, 0.1) is 30.1 Å². The second-order valence-corrected chi connectivity index (χ2v) is 7.38. The molecule has 1 aromatic carbocycles. The SMILES string of the molecule is CCNC(=O)c1ccc(-c2cnc3c(NCCC(F)(F)F)cc([C@H](C)O)cn23)cc1C. The molecular formula is C22H25F3N4O2. The van der Waals surface area contributed by atoms with Crippen LogP contribution in [0.1, 0.15) is 47.9 Å². The van der Waals surface area contributed by atoms with Crippen molar-refractivity contribution in [3.05, 3.63) is 53.3 Å². The van der Waals surface area contributed by atoms with E-state index in [0.29, 0.717) is 34.7 Å². The molecule has 0 saturated carbocycles. The predicted molar refractivity (Wildman–Crippen MR) is 113 cm³/mol. The number of anilines is 1. The van der Waals surface area contributed by atoms with Crippen molar-refractivity contribution in [3.63, 3.8) is 0 Å². The molecule has 2 heterocycles. The highest BCUT2D eigenvalue weighted by atomic mass is 19.4. The quantitative estimate of drug-likeness (QED) is 0.513. The molecule has 0 aliphatic carbocycles. The van der Waals surface area contributed by atoms with E-state index >= 15 is 0 Å². The van der Waals surface area contributed by atoms with Crippen LogP contribution in [0.25, 0.3) is 16.9 Å². The molecule has 0 bridgehead atoms. The number of hydrogen-bond acceptors (Lipinski definition) is 4. The number of nitrogens with zero attached hydrogens (tertiary/aromatic N) is 2. The molecule has 1 amide bonds. The first kappa shape index (κ1) is 22.6. The lowest BCUT2D eigenvalue weighted by Crippen LogP contribution is -2.23. The summed E-state index contributed by atoms with van der Waals surface area (Å²) < 4.78 is 39.4. The van der Waals surface area contributed by atoms with E-state index in [4.69, 9.17) is 0 Å². The Balaban J connectivity index is 2.02. The standard InChI is InChI=1S/C22H25F3N4O2/c1-4-26-21(31)17-6-5-15(9-13(17)2)19-11-28-20-18(27-8-7-22(23,24)25)10-16(14(3)30)12-29(19)20/h5-6,9-12,14,27,30H,4,7-8H2,1-3H3,(H,26,31)/t14-/m0/s1. The third-order valence-electron chi connectivity index (χ3n) is 4.94. The van der Waals surface area contributed by atoms with Crippen molar-refractivity contribution in [3.8, 4) is 11.3 Å². The van der Waals surface area contributed by atoms with Gasteiger partial charge in [-0.2, -0.15) is 13.2 Å². The molecule has 0 aliphatic heterocycles. The minimum Gasteiger partial charge on any atom is -0.389 e. The molecule has 1 atom stereocenters. The molecule has 166 valence electrons. The van der Waals surface area contributed by atoms with Crippen molar-refractivity contribution in [2.45, 2.75) is 39.5 Å². The third-order valence-corrected chi connectivity index (χ3v) is 4.94. The minimum atomic E-state index is -4.27. The number of fused-ring (bicyclic) bond motifs is 1. The van der Waals surface area contributed by atoms with Gasteiger partial charge in [0.1, 0.15) is 0 Å². The van der Waals surface area contributed by atoms with Gasteiger partial charge in [0.15, 0.2) is 5.65 Å². The molecule has 6 nitrogen and oxygen atoms in total. The summed E-state index contributed by atoms with van der Waals surface area (Å²) in [6.45, 7) is 5.50. The largest absolute Gasteiger partial charge is 0.390 e. The van der Waals surface area contributed by atoms with Gasteiger partial charge in [0.2, 0.25) is 0 Å². The topological polar surface area (TPSA) is 78.7 Å². The van der Waals surface area contributed by atoms with Gasteiger partial charge in [-0.05, 0) is 50.1 Å². The zero-order chi connectivity index (χ0) is 22.8. The molecule has 0 saturated heterocycles. The molecule has 0 aliphatic rings. The van der Waals surface area contributed by atoms with Gasteiger partial charge < -0.3 is 15.7 Å². The van der Waals surface area contributed by atoms with Crippen LogP contribution in [-0.4, -0.2) is 39.7 Å². The van der Waals surface area contributed by atoms with Gasteiger partial charge in [0.25, 0.3) is 5.91 Å². The first-order valence-electron chi connectivity index (χ1n) is 9.99. The van der Waals surface area contributed by atoms with Gasteiger partial charge in [-0.3, -0.25) is 9.20 Å². The Bertz CT molecular complexity index is 1090. The van der Waals surface area contributed by atoms with Crippen molar-refractivity contribution < 1.29 is 23.1 Å². The van der Waals surface area contributed by atoms with Crippen LogP contribution in [0.2, 0.25) is 0 Å². The maximum absolute atomic E-state index is 12.6. The first-order chi connectivity index (χ1) is 14.6. The number of aliphatic hydroxyl groups is 1. The molecule has 0 spiro atoms. The lowest BCUT2D eigenvalue weighted by atomic mass is 10.0. The van der Waals surface area contributed by atoms with E-state index in [2.05, 4.69) is 15.6 Å². The predicted octanol–water partition coefficient (Wildman–Crippen LogP) is 4.48. The Morgan fingerprint density at radius 1 is 1.29 bits per heavy atom. The fourth-order valence-electron chi connectivity index (χ4n) is 3.35. The molecule has 3 aromatic rings. The van der Waals surface area contributed by atoms with Gasteiger partial charge in [0, 0.05) is 30.4 Å². The van der Waals surface area contributed by atoms with Gasteiger partial charge in [-0.1, -0.05) is 6.07 Å². The highest BCUT2D eigenvalue weighted by Gasteiger charge is 2.26. The fraction of sp³-hybridized carbons (Fsp3) is 0.364. The third kappa shape index (κ3) is 5.16. The number of carbonyl (C=O) groups excluding carboxylic acids is 1. The number of aromatic nitrogens is 2. The number of rotatable bonds is 7. The maximum Gasteiger partial charge on any atom is 0.390 e. The van der Waals surface area contributed by atoms with Crippen LogP contribution < -0.4 is 10.6 Å². The summed E-state index contributed by atoms with van der Waals surface area (Å²) in [7, 11) is 0. The van der Waals surface area contributed by atoms with E-state index in [-0.39, 0.29) is 12.5 Å². The second kappa shape index (κ2) is 8.97. The number of halogens is 3. The van der Waals surface area contributed by atoms with E-state index in [9.17, 15) is 23.1 Å². The van der Waals surface area contributed by atoms with Gasteiger partial charge in [-0.25, -0.2) is 4.98 Å². The summed E-state index contributed by atoms with van der Waals surface area (Å²) >= 11 is 0. The normalized spacial score (nSPS) is 12.7. The van der Waals surface area contributed by atoms with Crippen molar-refractivity contribution in [2.24, 2.45) is 0 Å². The van der Waals surface area contributed by atoms with Crippen LogP contribution in [0.5, 0.6) is 0 Å². The van der Waals surface area contributed by atoms with Crippen LogP contribution in [0.3, 0.4) is 0 Å². The van der Waals surface area contributed by atoms with E-state index in [0.717, 1.165) is 11.1 Å². The summed E-state index contributed by atoms with van der Waals surface area (Å²) in [5, 5.41) is 15.6. The average Bonchev–Trinajstić information content (AvgIpc) is 3.11. The van der Waals surface area contributed by atoms with Crippen molar-refractivity contribution in [2.75, 3.05) is 18.4 Å². The molecule has 0 radical (unpaired) electrons. The Morgan fingerprint density at radius 2 is 2.03 bits per heavy atom. The smallest absolute Gasteiger partial charge is 0.389 e. The molecule has 31 heavy (non-hydrogen) atoms. The van der Waals surface area contributed by atoms with Gasteiger partial charge >= 0.3 is 6.18 Å². The maximum atomic E-state index is 12.6. The van der Waals surface area contributed by atoms with Crippen LogP contribution in [0.4, 0.5) is 18.9 Å². The summed E-state index contributed by atoms with van der Waals surface area (Å²) in [5.41, 5.74) is 4.24. The molecule has 9 heteroatoms. The highest BCUT2D eigenvalue weighted by molar-refractivity contribution is 5.96. The minimum absolute atomic E-state index is 0.155. The zero-order valence-electron chi connectivity index (χ0n) is 17.5. The number of alkyl halides is 3. The Kier molecular flexibility index (Phi) is 6.54. The van der Waals surface area contributed by atoms with Crippen LogP contribution >= 0.6 is 0 Å². The summed E-state index contributed by atoms with van der Waals surface area (Å²) in [5.74, 6) is -0.155. The van der Waals surface area contributed by atoms with Crippen molar-refractivity contribution in [1.82, 2.24) is 14.7 Å². The number of amides is 1. The molecule has 0 unspecified atom stereocenters. The fourth-order valence-corrected chi connectivity index (χ4v) is 3.35. The summed E-state index contributed by atoms with van der Waals surface area (Å²) in [6, 6.07) is 7.00. The molecule has 0 fully saturated rings. The van der Waals surface area contributed by atoms with E-state index < -0.39 is 18.7 Å². The average molecular weight is 434 g/mol. The molecule has 3 N–H and O–H groups in total. The Hall–Kier alpha value is -3.07. The summed E-state index contributed by atoms with van der Waals surface area (Å²) in [6.07, 6.45) is -2.73. The second-order valence-electron chi connectivity index (χ2n) is 7.38. The number of benzene rings is 1. The number of aryl methyl sites for hydroxylation is 1. The number of imidazole rings is 1. The molecule has 2 aromatic heterocycles. The van der Waals surface area contributed by atoms with E-state index in [1.165, 1.54) is 0 Å². The number of hydrogen-bond donors (Lipinski definition) is 3. The molecular weight excluding hydrogens is 409 g/mol. The number of carbonyl (C=O) groups is 1. The van der Waals surface area contributed by atoms with Crippen LogP contribution in [0.15, 0.2) is 36.7 Å².